The average molecular weight is 334 g/mol. The highest BCUT2D eigenvalue weighted by molar-refractivity contribution is 8.02. The minimum absolute atomic E-state index is 0.281. The average Bonchev–Trinajstić information content (AvgIpc) is 2.97. The molecule has 2 aliphatic heterocycles. The summed E-state index contributed by atoms with van der Waals surface area (Å²) in [5, 5.41) is 2.11. The van der Waals surface area contributed by atoms with Gasteiger partial charge in [0.15, 0.2) is 0 Å². The first-order valence-corrected chi connectivity index (χ1v) is 8.94. The molecule has 0 aromatic rings. The molecule has 0 spiro atoms. The van der Waals surface area contributed by atoms with Gasteiger partial charge in [0.1, 0.15) is 5.84 Å². The van der Waals surface area contributed by atoms with Crippen LogP contribution in [-0.2, 0) is 4.84 Å². The number of aliphatic imine (C=N–C) groups is 2. The van der Waals surface area contributed by atoms with Gasteiger partial charge >= 0.3 is 0 Å². The molecule has 0 aromatic heterocycles. The molecule has 0 aliphatic carbocycles. The number of nitrogens with one attached hydrogen (secondary N) is 1. The van der Waals surface area contributed by atoms with Crippen LogP contribution < -0.4 is 5.48 Å². The first-order valence-electron chi connectivity index (χ1n) is 7.89. The molecule has 5 nitrogen and oxygen atoms in total. The van der Waals surface area contributed by atoms with E-state index in [9.17, 15) is 0 Å². The minimum atomic E-state index is 0.281. The number of rotatable bonds is 7. The number of allylic oxidation sites excluding steroid dienone is 3. The quantitative estimate of drug-likeness (QED) is 0.574. The smallest absolute Gasteiger partial charge is 0.114 e. The molecular weight excluding hydrogens is 308 g/mol. The van der Waals surface area contributed by atoms with E-state index in [2.05, 4.69) is 32.9 Å². The van der Waals surface area contributed by atoms with E-state index in [0.29, 0.717) is 6.54 Å². The van der Waals surface area contributed by atoms with E-state index in [-0.39, 0.29) is 6.04 Å². The lowest BCUT2D eigenvalue weighted by Gasteiger charge is -2.28. The summed E-state index contributed by atoms with van der Waals surface area (Å²) < 4.78 is 0. The third kappa shape index (κ3) is 4.34. The Morgan fingerprint density at radius 2 is 2.30 bits per heavy atom. The number of nitrogens with zero attached hydrogens (tertiary/aromatic N) is 3. The first kappa shape index (κ1) is 18.0. The van der Waals surface area contributed by atoms with Crippen molar-refractivity contribution in [1.29, 1.82) is 0 Å². The van der Waals surface area contributed by atoms with E-state index < -0.39 is 0 Å². The summed E-state index contributed by atoms with van der Waals surface area (Å²) in [4.78, 5) is 16.7. The molecule has 1 unspecified atom stereocenters. The van der Waals surface area contributed by atoms with Gasteiger partial charge in [0, 0.05) is 31.3 Å². The predicted octanol–water partition coefficient (Wildman–Crippen LogP) is 2.79. The van der Waals surface area contributed by atoms with Gasteiger partial charge in [-0.2, -0.15) is 5.48 Å². The van der Waals surface area contributed by atoms with E-state index in [1.807, 2.05) is 27.0 Å². The minimum Gasteiger partial charge on any atom is -0.331 e. The molecule has 0 radical (unpaired) electrons. The number of amidine groups is 1. The summed E-state index contributed by atoms with van der Waals surface area (Å²) in [5.74, 6) is 2.03. The lowest BCUT2D eigenvalue weighted by Crippen LogP contribution is -2.37. The van der Waals surface area contributed by atoms with Crippen LogP contribution in [0.4, 0.5) is 0 Å². The summed E-state index contributed by atoms with van der Waals surface area (Å²) in [6.07, 6.45) is 7.09. The monoisotopic (exact) mass is 334 g/mol. The van der Waals surface area contributed by atoms with E-state index in [1.54, 1.807) is 18.9 Å². The molecule has 0 aromatic carbocycles. The number of fused-ring (bicyclic) bond motifs is 1. The number of hydrogen-bond acceptors (Lipinski definition) is 6. The fourth-order valence-corrected chi connectivity index (χ4v) is 3.60. The number of hydrogen-bond donors (Lipinski definition) is 1. The van der Waals surface area contributed by atoms with E-state index in [0.717, 1.165) is 30.3 Å². The molecule has 126 valence electrons. The van der Waals surface area contributed by atoms with Crippen LogP contribution in [0.3, 0.4) is 0 Å². The van der Waals surface area contributed by atoms with Gasteiger partial charge in [-0.15, -0.1) is 11.8 Å². The molecule has 0 bridgehead atoms. The van der Waals surface area contributed by atoms with Crippen LogP contribution in [0.1, 0.15) is 20.3 Å². The highest BCUT2D eigenvalue weighted by atomic mass is 32.2. The molecule has 6 heteroatoms. The molecular formula is C17H26N4OS. The van der Waals surface area contributed by atoms with Crippen molar-refractivity contribution in [3.63, 3.8) is 0 Å². The fourth-order valence-electron chi connectivity index (χ4n) is 2.92. The topological polar surface area (TPSA) is 49.2 Å². The van der Waals surface area contributed by atoms with Crippen molar-refractivity contribution in [2.75, 3.05) is 33.0 Å². The van der Waals surface area contributed by atoms with Crippen LogP contribution in [-0.4, -0.2) is 55.5 Å². The molecule has 1 saturated heterocycles. The Morgan fingerprint density at radius 3 is 2.96 bits per heavy atom. The van der Waals surface area contributed by atoms with Crippen molar-refractivity contribution in [2.45, 2.75) is 26.3 Å². The summed E-state index contributed by atoms with van der Waals surface area (Å²) >= 11 is 1.78. The number of thioether (sulfide) groups is 1. The van der Waals surface area contributed by atoms with Gasteiger partial charge in [0.25, 0.3) is 0 Å². The second-order valence-electron chi connectivity index (χ2n) is 5.38. The van der Waals surface area contributed by atoms with E-state index in [4.69, 9.17) is 9.83 Å². The van der Waals surface area contributed by atoms with Crippen molar-refractivity contribution < 1.29 is 4.84 Å². The Kier molecular flexibility index (Phi) is 7.08. The maximum Gasteiger partial charge on any atom is 0.114 e. The summed E-state index contributed by atoms with van der Waals surface area (Å²) in [6, 6.07) is 0.281. The van der Waals surface area contributed by atoms with Crippen LogP contribution in [0.2, 0.25) is 0 Å². The Morgan fingerprint density at radius 1 is 1.48 bits per heavy atom. The van der Waals surface area contributed by atoms with Crippen LogP contribution >= 0.6 is 11.8 Å². The van der Waals surface area contributed by atoms with Crippen LogP contribution in [0, 0.1) is 0 Å². The van der Waals surface area contributed by atoms with E-state index >= 15 is 0 Å². The SMILES string of the molecule is C/C=C\SCC1=NCC(C(/C=C\C)=NC)=C2CC(NOC)CN12. The number of hydroxylamine groups is 1. The van der Waals surface area contributed by atoms with Crippen molar-refractivity contribution >= 4 is 23.3 Å². The Labute approximate surface area is 143 Å². The molecule has 2 heterocycles. The zero-order valence-corrected chi connectivity index (χ0v) is 15.2. The van der Waals surface area contributed by atoms with Crippen molar-refractivity contribution in [3.8, 4) is 0 Å². The lowest BCUT2D eigenvalue weighted by atomic mass is 10.0. The standard InChI is InChI=1S/C17H26N4OS/c1-5-7-15(18-3)14-10-19-17(12-23-8-6-2)21-11-13(20-22-4)9-16(14)21/h5-8,13,20H,9-12H2,1-4H3/b7-5-,8-6-,18-15?. The predicted molar refractivity (Wildman–Crippen MR) is 100 cm³/mol. The summed E-state index contributed by atoms with van der Waals surface area (Å²) in [7, 11) is 3.51. The molecule has 2 aliphatic rings. The van der Waals surface area contributed by atoms with E-state index in [1.165, 1.54) is 11.3 Å². The molecule has 1 N–H and O–H groups in total. The van der Waals surface area contributed by atoms with Gasteiger partial charge in [-0.3, -0.25) is 9.98 Å². The fraction of sp³-hybridized carbons (Fsp3) is 0.529. The van der Waals surface area contributed by atoms with Gasteiger partial charge in [-0.05, 0) is 25.3 Å². The Bertz CT molecular complexity index is 563. The van der Waals surface area contributed by atoms with Gasteiger partial charge in [-0.1, -0.05) is 12.2 Å². The van der Waals surface area contributed by atoms with Crippen molar-refractivity contribution in [3.05, 3.63) is 34.9 Å². The maximum atomic E-state index is 5.14. The molecule has 2 rings (SSSR count). The summed E-state index contributed by atoms with van der Waals surface area (Å²) in [6.45, 7) is 5.64. The molecule has 23 heavy (non-hydrogen) atoms. The van der Waals surface area contributed by atoms with Crippen LogP contribution in [0.25, 0.3) is 0 Å². The molecule has 0 saturated carbocycles. The normalized spacial score (nSPS) is 22.4. The van der Waals surface area contributed by atoms with Gasteiger partial charge < -0.3 is 9.74 Å². The highest BCUT2D eigenvalue weighted by Gasteiger charge is 2.34. The Balaban J connectivity index is 2.26. The maximum absolute atomic E-state index is 5.14. The largest absolute Gasteiger partial charge is 0.331 e. The van der Waals surface area contributed by atoms with Crippen LogP contribution in [0.5, 0.6) is 0 Å². The van der Waals surface area contributed by atoms with Gasteiger partial charge in [0.05, 0.1) is 31.2 Å². The van der Waals surface area contributed by atoms with Crippen molar-refractivity contribution in [2.24, 2.45) is 9.98 Å². The molecule has 1 fully saturated rings. The Hall–Kier alpha value is -1.37. The molecule has 0 amide bonds. The highest BCUT2D eigenvalue weighted by Crippen LogP contribution is 2.30. The van der Waals surface area contributed by atoms with Gasteiger partial charge in [-0.25, -0.2) is 0 Å². The zero-order chi connectivity index (χ0) is 16.7. The molecule has 1 atom stereocenters. The second-order valence-corrected chi connectivity index (χ2v) is 6.27. The third-order valence-electron chi connectivity index (χ3n) is 3.85. The summed E-state index contributed by atoms with van der Waals surface area (Å²) in [5.41, 5.74) is 6.66. The second kappa shape index (κ2) is 9.05. The lowest BCUT2D eigenvalue weighted by molar-refractivity contribution is 0.0649. The van der Waals surface area contributed by atoms with Crippen LogP contribution in [0.15, 0.2) is 44.9 Å². The zero-order valence-electron chi connectivity index (χ0n) is 14.4. The van der Waals surface area contributed by atoms with Gasteiger partial charge in [0.2, 0.25) is 0 Å². The third-order valence-corrected chi connectivity index (χ3v) is 4.74. The van der Waals surface area contributed by atoms with Crippen molar-refractivity contribution in [1.82, 2.24) is 10.4 Å². The first-order chi connectivity index (χ1) is 11.2.